The summed E-state index contributed by atoms with van der Waals surface area (Å²) in [6.45, 7) is 3.59. The molecule has 1 aromatic carbocycles. The van der Waals surface area contributed by atoms with Gasteiger partial charge in [0.15, 0.2) is 0 Å². The standard InChI is InChI=1S/C18H16N2O3S2/c1-11-8-13(12(2)20(11)14-6-4-3-5-7-14)9-15-17(23)19(10-16(21)22)18(24)25-15/h3-9H,10H2,1-2H3,(H,21,22)/b15-9+. The van der Waals surface area contributed by atoms with E-state index < -0.39 is 12.5 Å². The topological polar surface area (TPSA) is 62.5 Å². The molecule has 0 bridgehead atoms. The molecule has 2 heterocycles. The predicted octanol–water partition coefficient (Wildman–Crippen LogP) is 3.38. The number of amides is 1. The molecule has 1 aliphatic rings. The van der Waals surface area contributed by atoms with Gasteiger partial charge in [0.05, 0.1) is 4.91 Å². The molecule has 0 radical (unpaired) electrons. The fraction of sp³-hybridized carbons (Fsp3) is 0.167. The number of aryl methyl sites for hydroxylation is 1. The number of hydrogen-bond acceptors (Lipinski definition) is 4. The van der Waals surface area contributed by atoms with Gasteiger partial charge in [-0.1, -0.05) is 42.2 Å². The van der Waals surface area contributed by atoms with Crippen molar-refractivity contribution in [1.29, 1.82) is 0 Å². The number of carboxylic acids is 1. The van der Waals surface area contributed by atoms with Crippen LogP contribution in [0, 0.1) is 13.8 Å². The van der Waals surface area contributed by atoms with Gasteiger partial charge in [-0.05, 0) is 43.7 Å². The molecule has 3 rings (SSSR count). The Morgan fingerprint density at radius 1 is 1.28 bits per heavy atom. The molecule has 5 nitrogen and oxygen atoms in total. The van der Waals surface area contributed by atoms with Crippen molar-refractivity contribution in [2.45, 2.75) is 13.8 Å². The van der Waals surface area contributed by atoms with Gasteiger partial charge < -0.3 is 9.67 Å². The lowest BCUT2D eigenvalue weighted by atomic mass is 10.2. The number of thioether (sulfide) groups is 1. The Kier molecular flexibility index (Phi) is 4.78. The molecule has 1 amide bonds. The van der Waals surface area contributed by atoms with Crippen LogP contribution in [0.2, 0.25) is 0 Å². The van der Waals surface area contributed by atoms with E-state index in [0.717, 1.165) is 39.3 Å². The lowest BCUT2D eigenvalue weighted by Crippen LogP contribution is -2.33. The van der Waals surface area contributed by atoms with Crippen molar-refractivity contribution in [3.8, 4) is 5.69 Å². The van der Waals surface area contributed by atoms with Crippen LogP contribution in [0.25, 0.3) is 11.8 Å². The van der Waals surface area contributed by atoms with Crippen LogP contribution in [0.5, 0.6) is 0 Å². The van der Waals surface area contributed by atoms with Crippen molar-refractivity contribution in [2.24, 2.45) is 0 Å². The summed E-state index contributed by atoms with van der Waals surface area (Å²) in [6.07, 6.45) is 1.78. The van der Waals surface area contributed by atoms with Gasteiger partial charge in [-0.15, -0.1) is 0 Å². The zero-order chi connectivity index (χ0) is 18.1. The van der Waals surface area contributed by atoms with E-state index in [-0.39, 0.29) is 10.2 Å². The highest BCUT2D eigenvalue weighted by molar-refractivity contribution is 8.26. The van der Waals surface area contributed by atoms with Gasteiger partial charge >= 0.3 is 5.97 Å². The van der Waals surface area contributed by atoms with E-state index in [2.05, 4.69) is 4.57 Å². The smallest absolute Gasteiger partial charge is 0.323 e. The van der Waals surface area contributed by atoms with Crippen molar-refractivity contribution in [2.75, 3.05) is 6.54 Å². The molecule has 1 aliphatic heterocycles. The molecule has 0 saturated carbocycles. The summed E-state index contributed by atoms with van der Waals surface area (Å²) in [7, 11) is 0. The number of thiocarbonyl (C=S) groups is 1. The van der Waals surface area contributed by atoms with E-state index in [9.17, 15) is 9.59 Å². The third kappa shape index (κ3) is 3.38. The van der Waals surface area contributed by atoms with E-state index in [1.807, 2.05) is 50.2 Å². The molecule has 0 spiro atoms. The maximum absolute atomic E-state index is 12.4. The van der Waals surface area contributed by atoms with E-state index in [4.69, 9.17) is 17.3 Å². The Hall–Kier alpha value is -2.38. The highest BCUT2D eigenvalue weighted by Crippen LogP contribution is 2.33. The second-order valence-electron chi connectivity index (χ2n) is 5.66. The summed E-state index contributed by atoms with van der Waals surface area (Å²) in [5.41, 5.74) is 4.02. The third-order valence-corrected chi connectivity index (χ3v) is 5.32. The van der Waals surface area contributed by atoms with Crippen LogP contribution >= 0.6 is 24.0 Å². The number of rotatable bonds is 4. The summed E-state index contributed by atoms with van der Waals surface area (Å²) in [4.78, 5) is 24.9. The highest BCUT2D eigenvalue weighted by Gasteiger charge is 2.33. The van der Waals surface area contributed by atoms with Gasteiger partial charge in [-0.25, -0.2) is 0 Å². The van der Waals surface area contributed by atoms with Crippen molar-refractivity contribution in [3.63, 3.8) is 0 Å². The Bertz CT molecular complexity index is 901. The van der Waals surface area contributed by atoms with Crippen LogP contribution in [-0.4, -0.2) is 37.3 Å². The lowest BCUT2D eigenvalue weighted by Gasteiger charge is -2.10. The fourth-order valence-corrected chi connectivity index (χ4v) is 4.07. The maximum Gasteiger partial charge on any atom is 0.323 e. The lowest BCUT2D eigenvalue weighted by molar-refractivity contribution is -0.140. The molecule has 1 N–H and O–H groups in total. The summed E-state index contributed by atoms with van der Waals surface area (Å²) in [5.74, 6) is -1.44. The number of carbonyl (C=O) groups is 2. The maximum atomic E-state index is 12.4. The molecule has 1 fully saturated rings. The van der Waals surface area contributed by atoms with Gasteiger partial charge in [0.25, 0.3) is 5.91 Å². The number of aliphatic carboxylic acids is 1. The molecule has 0 unspecified atom stereocenters. The average molecular weight is 372 g/mol. The molecular formula is C18H16N2O3S2. The second kappa shape index (κ2) is 6.85. The number of hydrogen-bond donors (Lipinski definition) is 1. The number of carboxylic acid groups (broad SMARTS) is 1. The van der Waals surface area contributed by atoms with Crippen LogP contribution in [-0.2, 0) is 9.59 Å². The van der Waals surface area contributed by atoms with Crippen molar-refractivity contribution in [1.82, 2.24) is 9.47 Å². The Morgan fingerprint density at radius 2 is 1.96 bits per heavy atom. The van der Waals surface area contributed by atoms with Gasteiger partial charge in [-0.2, -0.15) is 0 Å². The number of benzene rings is 1. The fourth-order valence-electron chi connectivity index (χ4n) is 2.82. The van der Waals surface area contributed by atoms with Gasteiger partial charge in [0.2, 0.25) is 0 Å². The number of carbonyl (C=O) groups excluding carboxylic acids is 1. The Balaban J connectivity index is 1.97. The van der Waals surface area contributed by atoms with Crippen LogP contribution in [0.15, 0.2) is 41.3 Å². The molecule has 0 atom stereocenters. The number of nitrogens with zero attached hydrogens (tertiary/aromatic N) is 2. The minimum atomic E-state index is -1.08. The van der Waals surface area contributed by atoms with E-state index in [1.54, 1.807) is 6.08 Å². The summed E-state index contributed by atoms with van der Waals surface area (Å²) >= 11 is 6.26. The van der Waals surface area contributed by atoms with Crippen LogP contribution < -0.4 is 0 Å². The Labute approximate surface area is 154 Å². The van der Waals surface area contributed by atoms with E-state index in [0.29, 0.717) is 4.91 Å². The summed E-state index contributed by atoms with van der Waals surface area (Å²) in [5, 5.41) is 8.91. The molecule has 2 aromatic rings. The predicted molar refractivity (Wildman–Crippen MR) is 103 cm³/mol. The quantitative estimate of drug-likeness (QED) is 0.658. The van der Waals surface area contributed by atoms with E-state index >= 15 is 0 Å². The third-order valence-electron chi connectivity index (χ3n) is 3.94. The zero-order valence-electron chi connectivity index (χ0n) is 13.7. The molecular weight excluding hydrogens is 356 g/mol. The number of para-hydroxylation sites is 1. The molecule has 25 heavy (non-hydrogen) atoms. The van der Waals surface area contributed by atoms with Gasteiger partial charge in [0, 0.05) is 17.1 Å². The monoisotopic (exact) mass is 372 g/mol. The summed E-state index contributed by atoms with van der Waals surface area (Å²) < 4.78 is 2.39. The second-order valence-corrected chi connectivity index (χ2v) is 7.33. The highest BCUT2D eigenvalue weighted by atomic mass is 32.2. The SMILES string of the molecule is Cc1cc(/C=C2/SC(=S)N(CC(=O)O)C2=O)c(C)n1-c1ccccc1. The first kappa shape index (κ1) is 17.4. The average Bonchev–Trinajstić information content (AvgIpc) is 2.99. The first-order chi connectivity index (χ1) is 11.9. The van der Waals surface area contributed by atoms with Crippen LogP contribution in [0.1, 0.15) is 17.0 Å². The first-order valence-corrected chi connectivity index (χ1v) is 8.82. The zero-order valence-corrected chi connectivity index (χ0v) is 15.4. The molecule has 7 heteroatoms. The van der Waals surface area contributed by atoms with Crippen LogP contribution in [0.3, 0.4) is 0 Å². The Morgan fingerprint density at radius 3 is 2.60 bits per heavy atom. The van der Waals surface area contributed by atoms with Crippen molar-refractivity contribution >= 4 is 46.3 Å². The molecule has 1 saturated heterocycles. The number of aromatic nitrogens is 1. The molecule has 128 valence electrons. The van der Waals surface area contributed by atoms with Crippen molar-refractivity contribution in [3.05, 3.63) is 58.3 Å². The van der Waals surface area contributed by atoms with Gasteiger partial charge in [0.1, 0.15) is 10.9 Å². The minimum absolute atomic E-state index is 0.274. The van der Waals surface area contributed by atoms with Crippen molar-refractivity contribution < 1.29 is 14.7 Å². The first-order valence-electron chi connectivity index (χ1n) is 7.60. The van der Waals surface area contributed by atoms with Crippen LogP contribution in [0.4, 0.5) is 0 Å². The summed E-state index contributed by atoms with van der Waals surface area (Å²) in [6, 6.07) is 12.0. The minimum Gasteiger partial charge on any atom is -0.480 e. The van der Waals surface area contributed by atoms with E-state index in [1.165, 1.54) is 0 Å². The van der Waals surface area contributed by atoms with Gasteiger partial charge in [-0.3, -0.25) is 14.5 Å². The molecule has 0 aliphatic carbocycles. The normalized spacial score (nSPS) is 16.1. The molecule has 1 aromatic heterocycles. The largest absolute Gasteiger partial charge is 0.480 e.